The fourth-order valence-electron chi connectivity index (χ4n) is 5.68. The molecule has 2 aromatic rings. The first-order valence-corrected chi connectivity index (χ1v) is 14.3. The minimum absolute atomic E-state index is 0.123. The van der Waals surface area contributed by atoms with Gasteiger partial charge in [-0.2, -0.15) is 0 Å². The van der Waals surface area contributed by atoms with Crippen LogP contribution in [0.4, 0.5) is 11.4 Å². The molecule has 0 amide bonds. The lowest BCUT2D eigenvalue weighted by molar-refractivity contribution is 0.384. The van der Waals surface area contributed by atoms with Crippen molar-refractivity contribution < 1.29 is 22.8 Å². The third-order valence-electron chi connectivity index (χ3n) is 7.33. The van der Waals surface area contributed by atoms with Gasteiger partial charge in [-0.05, 0) is 51.3 Å². The van der Waals surface area contributed by atoms with E-state index in [0.717, 1.165) is 37.0 Å². The van der Waals surface area contributed by atoms with E-state index in [-0.39, 0.29) is 5.76 Å². The summed E-state index contributed by atoms with van der Waals surface area (Å²) in [6, 6.07) is 7.89. The van der Waals surface area contributed by atoms with Gasteiger partial charge in [0.05, 0.1) is 33.2 Å². The number of hydrogen-bond acceptors (Lipinski definition) is 7. The Balaban J connectivity index is 1.65. The smallest absolute Gasteiger partial charge is 0.207 e. The summed E-state index contributed by atoms with van der Waals surface area (Å²) in [7, 11) is -4.50. The van der Waals surface area contributed by atoms with Gasteiger partial charge in [-0.25, -0.2) is 18.0 Å². The molecule has 5 rings (SSSR count). The van der Waals surface area contributed by atoms with Crippen molar-refractivity contribution in [3.8, 4) is 11.5 Å². The van der Waals surface area contributed by atoms with E-state index in [1.165, 1.54) is 10.9 Å². The van der Waals surface area contributed by atoms with Crippen LogP contribution >= 0.6 is 0 Å². The molecule has 0 aliphatic carbocycles. The fraction of sp³-hybridized carbons (Fsp3) is 0.429. The third-order valence-corrected chi connectivity index (χ3v) is 8.00. The number of ether oxygens (including phenoxy) is 1. The Hall–Kier alpha value is -3.17. The van der Waals surface area contributed by atoms with Gasteiger partial charge in [-0.15, -0.1) is 0 Å². The van der Waals surface area contributed by atoms with Gasteiger partial charge in [-0.1, -0.05) is 12.7 Å². The Morgan fingerprint density at radius 2 is 2.05 bits per heavy atom. The molecule has 9 heteroatoms. The van der Waals surface area contributed by atoms with Crippen LogP contribution in [0.15, 0.2) is 47.7 Å². The highest BCUT2D eigenvalue weighted by molar-refractivity contribution is 7.86. The summed E-state index contributed by atoms with van der Waals surface area (Å²) in [6.45, 7) is 12.2. The zero-order valence-electron chi connectivity index (χ0n) is 21.6. The van der Waals surface area contributed by atoms with E-state index in [9.17, 15) is 18.1 Å². The topological polar surface area (TPSA) is 105 Å². The molecule has 196 valence electrons. The average Bonchev–Trinajstić information content (AvgIpc) is 2.80. The van der Waals surface area contributed by atoms with Gasteiger partial charge in [-0.3, -0.25) is 0 Å². The Morgan fingerprint density at radius 1 is 1.27 bits per heavy atom. The second-order valence-corrected chi connectivity index (χ2v) is 11.9. The quantitative estimate of drug-likeness (QED) is 0.288. The number of aliphatic hydroxyl groups excluding tert-OH is 1. The van der Waals surface area contributed by atoms with Crippen LogP contribution in [0.25, 0.3) is 5.57 Å². The first kappa shape index (κ1) is 25.5. The summed E-state index contributed by atoms with van der Waals surface area (Å²) in [6.07, 6.45) is 5.04. The molecule has 0 fully saturated rings. The van der Waals surface area contributed by atoms with Gasteiger partial charge < -0.3 is 19.3 Å². The van der Waals surface area contributed by atoms with Crippen LogP contribution in [0.2, 0.25) is 0 Å². The molecule has 8 nitrogen and oxygen atoms in total. The predicted molar refractivity (Wildman–Crippen MR) is 143 cm³/mol. The Labute approximate surface area is 217 Å². The highest BCUT2D eigenvalue weighted by atomic mass is 32.2. The highest BCUT2D eigenvalue weighted by Gasteiger charge is 2.34. The molecule has 0 atom stereocenters. The second kappa shape index (κ2) is 9.29. The van der Waals surface area contributed by atoms with Crippen LogP contribution in [0.5, 0.6) is 11.5 Å². The Bertz CT molecular complexity index is 1560. The van der Waals surface area contributed by atoms with Crippen LogP contribution in [-0.2, 0) is 16.5 Å². The number of hydrogen-bond donors (Lipinski definition) is 1. The van der Waals surface area contributed by atoms with Crippen LogP contribution in [0, 0.1) is 0 Å². The van der Waals surface area contributed by atoms with E-state index in [4.69, 9.17) is 9.73 Å². The third kappa shape index (κ3) is 5.02. The van der Waals surface area contributed by atoms with Gasteiger partial charge in [0.2, 0.25) is 5.36 Å². The number of anilines is 1. The van der Waals surface area contributed by atoms with Gasteiger partial charge >= 0.3 is 0 Å². The van der Waals surface area contributed by atoms with E-state index >= 15 is 0 Å². The first-order chi connectivity index (χ1) is 17.4. The van der Waals surface area contributed by atoms with Crippen LogP contribution in [-0.4, -0.2) is 49.0 Å². The molecule has 1 N–H and O–H groups in total. The van der Waals surface area contributed by atoms with E-state index in [1.807, 2.05) is 32.1 Å². The molecular weight excluding hydrogens is 490 g/mol. The molecule has 0 spiro atoms. The second-order valence-electron chi connectivity index (χ2n) is 10.5. The number of rotatable bonds is 7. The maximum absolute atomic E-state index is 11.8. The molecular formula is C28H33N3O5S. The maximum Gasteiger partial charge on any atom is 0.207 e. The minimum Gasteiger partial charge on any atom is -0.748 e. The SMILES string of the molecule is C=C(O)CCCN1c2cc3c(cc2C(CS(=O)(=O)[O-])=CC1(C)C)N=c1cc2c(cc1O3)=[N+](CC)CCC2. The van der Waals surface area contributed by atoms with Gasteiger partial charge in [0.15, 0.2) is 11.5 Å². The van der Waals surface area contributed by atoms with Crippen molar-refractivity contribution in [1.29, 1.82) is 0 Å². The largest absolute Gasteiger partial charge is 0.748 e. The summed E-state index contributed by atoms with van der Waals surface area (Å²) >= 11 is 0. The normalized spacial score (nSPS) is 17.5. The first-order valence-electron chi connectivity index (χ1n) is 12.7. The predicted octanol–water partition coefficient (Wildman–Crippen LogP) is 3.58. The van der Waals surface area contributed by atoms with Crippen molar-refractivity contribution in [2.45, 2.75) is 52.0 Å². The fourth-order valence-corrected chi connectivity index (χ4v) is 6.30. The van der Waals surface area contributed by atoms with Crippen LogP contribution < -0.4 is 24.9 Å². The van der Waals surface area contributed by atoms with Crippen molar-refractivity contribution in [2.75, 3.05) is 30.3 Å². The van der Waals surface area contributed by atoms with Crippen molar-refractivity contribution in [3.63, 3.8) is 0 Å². The van der Waals surface area contributed by atoms with Crippen LogP contribution in [0.3, 0.4) is 0 Å². The summed E-state index contributed by atoms with van der Waals surface area (Å²) < 4.78 is 44.1. The number of nitrogens with zero attached hydrogens (tertiary/aromatic N) is 3. The van der Waals surface area contributed by atoms with E-state index in [0.29, 0.717) is 47.7 Å². The molecule has 3 heterocycles. The standard InChI is InChI=1S/C28H33N3O5S/c1-5-30-10-7-9-19-12-22-26(14-24(19)30)36-27-15-25-21(13-23(27)29-22)20(17-37(33,34)35)16-28(3,4)31(25)11-6-8-18(2)32/h12-16H,2,5-11,17H2,1,3-4H3,(H-,32,33,34,35). The summed E-state index contributed by atoms with van der Waals surface area (Å²) in [5.41, 5.74) is 3.18. The van der Waals surface area contributed by atoms with Crippen molar-refractivity contribution in [2.24, 2.45) is 4.99 Å². The average molecular weight is 524 g/mol. The Morgan fingerprint density at radius 3 is 2.76 bits per heavy atom. The van der Waals surface area contributed by atoms with Crippen molar-refractivity contribution in [1.82, 2.24) is 4.58 Å². The van der Waals surface area contributed by atoms with Crippen LogP contribution in [0.1, 0.15) is 51.2 Å². The van der Waals surface area contributed by atoms with E-state index < -0.39 is 21.4 Å². The molecule has 3 aliphatic rings. The lowest BCUT2D eigenvalue weighted by Gasteiger charge is -2.44. The van der Waals surface area contributed by atoms with Crippen molar-refractivity contribution in [3.05, 3.63) is 64.5 Å². The molecule has 0 saturated carbocycles. The zero-order valence-corrected chi connectivity index (χ0v) is 22.4. The Kier molecular flexibility index (Phi) is 6.40. The number of aryl methyl sites for hydroxylation is 1. The van der Waals surface area contributed by atoms with Gasteiger partial charge in [0, 0.05) is 42.3 Å². The summed E-state index contributed by atoms with van der Waals surface area (Å²) in [4.78, 5) is 7.04. The number of fused-ring (bicyclic) bond motifs is 4. The molecule has 0 aromatic heterocycles. The minimum atomic E-state index is -4.50. The molecule has 3 aliphatic heterocycles. The van der Waals surface area contributed by atoms with E-state index in [1.54, 1.807) is 0 Å². The molecule has 0 bridgehead atoms. The molecule has 37 heavy (non-hydrogen) atoms. The van der Waals surface area contributed by atoms with Gasteiger partial charge in [0.25, 0.3) is 0 Å². The molecule has 0 radical (unpaired) electrons. The number of benzene rings is 2. The highest BCUT2D eigenvalue weighted by Crippen LogP contribution is 2.46. The molecule has 0 unspecified atom stereocenters. The monoisotopic (exact) mass is 523 g/mol. The lowest BCUT2D eigenvalue weighted by atomic mass is 9.88. The van der Waals surface area contributed by atoms with Gasteiger partial charge in [0.1, 0.15) is 24.1 Å². The van der Waals surface area contributed by atoms with E-state index in [2.05, 4.69) is 35.1 Å². The lowest BCUT2D eigenvalue weighted by Crippen LogP contribution is -2.46. The summed E-state index contributed by atoms with van der Waals surface area (Å²) in [5.74, 6) is 0.810. The van der Waals surface area contributed by atoms with Crippen molar-refractivity contribution >= 4 is 27.1 Å². The maximum atomic E-state index is 11.8. The molecule has 2 aromatic carbocycles. The zero-order chi connectivity index (χ0) is 26.5. The number of aliphatic hydroxyl groups is 1. The molecule has 0 saturated heterocycles. The number of allylic oxidation sites excluding steroid dienone is 1. The summed E-state index contributed by atoms with van der Waals surface area (Å²) in [5, 5.41) is 11.5.